The van der Waals surface area contributed by atoms with Gasteiger partial charge in [0.15, 0.2) is 11.5 Å². The molecule has 0 aromatic heterocycles. The zero-order chi connectivity index (χ0) is 14.2. The molecule has 0 radical (unpaired) electrons. The Morgan fingerprint density at radius 3 is 2.75 bits per heavy atom. The summed E-state index contributed by atoms with van der Waals surface area (Å²) < 4.78 is 10.9. The number of nitrogens with one attached hydrogen (secondary N) is 2. The Bertz CT molecular complexity index is 403. The molecule has 112 valence electrons. The highest BCUT2D eigenvalue weighted by Crippen LogP contribution is 2.28. The van der Waals surface area contributed by atoms with E-state index in [0.29, 0.717) is 6.61 Å². The van der Waals surface area contributed by atoms with Crippen LogP contribution >= 0.6 is 0 Å². The van der Waals surface area contributed by atoms with Crippen molar-refractivity contribution in [3.05, 3.63) is 23.8 Å². The molecular formula is C16H26N2O2. The second-order valence-corrected chi connectivity index (χ2v) is 5.24. The molecule has 2 rings (SSSR count). The monoisotopic (exact) mass is 278 g/mol. The lowest BCUT2D eigenvalue weighted by molar-refractivity contribution is 0.310. The molecule has 0 spiro atoms. The Balaban J connectivity index is 1.82. The number of methoxy groups -OCH3 is 1. The van der Waals surface area contributed by atoms with Crippen LogP contribution in [0.4, 0.5) is 0 Å². The molecule has 0 atom stereocenters. The van der Waals surface area contributed by atoms with Gasteiger partial charge in [-0.05, 0) is 63.0 Å². The molecule has 1 heterocycles. The summed E-state index contributed by atoms with van der Waals surface area (Å²) in [5, 5.41) is 6.95. The summed E-state index contributed by atoms with van der Waals surface area (Å²) in [6, 6.07) is 6.15. The van der Waals surface area contributed by atoms with Gasteiger partial charge >= 0.3 is 0 Å². The predicted molar refractivity (Wildman–Crippen MR) is 81.5 cm³/mol. The molecule has 1 fully saturated rings. The molecule has 1 aromatic rings. The smallest absolute Gasteiger partial charge is 0.161 e. The second-order valence-electron chi connectivity index (χ2n) is 5.24. The van der Waals surface area contributed by atoms with E-state index in [4.69, 9.17) is 9.47 Å². The first-order valence-corrected chi connectivity index (χ1v) is 7.54. The minimum Gasteiger partial charge on any atom is -0.493 e. The molecular weight excluding hydrogens is 252 g/mol. The van der Waals surface area contributed by atoms with E-state index in [1.807, 2.05) is 13.0 Å². The van der Waals surface area contributed by atoms with Crippen molar-refractivity contribution < 1.29 is 9.47 Å². The summed E-state index contributed by atoms with van der Waals surface area (Å²) in [5.74, 6) is 2.44. The Morgan fingerprint density at radius 1 is 1.25 bits per heavy atom. The fourth-order valence-corrected chi connectivity index (χ4v) is 2.60. The SMILES string of the molecule is CCOc1ccc(CNCC2CCNCC2)cc1OC. The molecule has 1 saturated heterocycles. The van der Waals surface area contributed by atoms with Crippen LogP contribution in [-0.2, 0) is 6.54 Å². The van der Waals surface area contributed by atoms with Crippen LogP contribution < -0.4 is 20.1 Å². The van der Waals surface area contributed by atoms with Gasteiger partial charge in [-0.15, -0.1) is 0 Å². The third-order valence-electron chi connectivity index (χ3n) is 3.75. The minimum atomic E-state index is 0.656. The molecule has 0 saturated carbocycles. The first-order valence-electron chi connectivity index (χ1n) is 7.54. The van der Waals surface area contributed by atoms with Crippen molar-refractivity contribution in [1.29, 1.82) is 0 Å². The molecule has 1 aromatic carbocycles. The molecule has 0 bridgehead atoms. The third kappa shape index (κ3) is 4.39. The van der Waals surface area contributed by atoms with Crippen LogP contribution in [0, 0.1) is 5.92 Å². The van der Waals surface area contributed by atoms with Crippen LogP contribution in [0.25, 0.3) is 0 Å². The number of rotatable bonds is 7. The highest BCUT2D eigenvalue weighted by molar-refractivity contribution is 5.42. The number of ether oxygens (including phenoxy) is 2. The lowest BCUT2D eigenvalue weighted by Crippen LogP contribution is -2.33. The van der Waals surface area contributed by atoms with E-state index >= 15 is 0 Å². The maximum absolute atomic E-state index is 5.53. The highest BCUT2D eigenvalue weighted by Gasteiger charge is 2.12. The molecule has 4 heteroatoms. The van der Waals surface area contributed by atoms with Gasteiger partial charge in [0.25, 0.3) is 0 Å². The Labute approximate surface area is 121 Å². The zero-order valence-electron chi connectivity index (χ0n) is 12.6. The van der Waals surface area contributed by atoms with Crippen LogP contribution in [0.1, 0.15) is 25.3 Å². The average molecular weight is 278 g/mol. The van der Waals surface area contributed by atoms with Gasteiger partial charge in [0.1, 0.15) is 0 Å². The summed E-state index contributed by atoms with van der Waals surface area (Å²) in [4.78, 5) is 0. The van der Waals surface area contributed by atoms with E-state index in [2.05, 4.69) is 22.8 Å². The van der Waals surface area contributed by atoms with Crippen molar-refractivity contribution in [1.82, 2.24) is 10.6 Å². The summed E-state index contributed by atoms with van der Waals surface area (Å²) in [6.07, 6.45) is 2.55. The largest absolute Gasteiger partial charge is 0.493 e. The summed E-state index contributed by atoms with van der Waals surface area (Å²) in [6.45, 7) is 6.92. The first kappa shape index (κ1) is 15.1. The summed E-state index contributed by atoms with van der Waals surface area (Å²) in [7, 11) is 1.68. The van der Waals surface area contributed by atoms with Crippen molar-refractivity contribution in [3.8, 4) is 11.5 Å². The van der Waals surface area contributed by atoms with Gasteiger partial charge in [0.2, 0.25) is 0 Å². The molecule has 0 aliphatic carbocycles. The normalized spacial score (nSPS) is 16.1. The van der Waals surface area contributed by atoms with E-state index in [9.17, 15) is 0 Å². The van der Waals surface area contributed by atoms with Gasteiger partial charge in [0, 0.05) is 6.54 Å². The second kappa shape index (κ2) is 8.12. The molecule has 4 nitrogen and oxygen atoms in total. The van der Waals surface area contributed by atoms with E-state index < -0.39 is 0 Å². The van der Waals surface area contributed by atoms with E-state index in [-0.39, 0.29) is 0 Å². The molecule has 1 aliphatic rings. The summed E-state index contributed by atoms with van der Waals surface area (Å²) in [5.41, 5.74) is 1.24. The lowest BCUT2D eigenvalue weighted by Gasteiger charge is -2.22. The highest BCUT2D eigenvalue weighted by atomic mass is 16.5. The van der Waals surface area contributed by atoms with E-state index in [1.165, 1.54) is 18.4 Å². The Morgan fingerprint density at radius 2 is 2.05 bits per heavy atom. The molecule has 0 unspecified atom stereocenters. The van der Waals surface area contributed by atoms with Crippen molar-refractivity contribution in [2.24, 2.45) is 5.92 Å². The van der Waals surface area contributed by atoms with E-state index in [0.717, 1.165) is 43.6 Å². The van der Waals surface area contributed by atoms with Crippen LogP contribution in [0.5, 0.6) is 11.5 Å². The van der Waals surface area contributed by atoms with Crippen molar-refractivity contribution >= 4 is 0 Å². The fourth-order valence-electron chi connectivity index (χ4n) is 2.60. The minimum absolute atomic E-state index is 0.656. The maximum Gasteiger partial charge on any atom is 0.161 e. The Kier molecular flexibility index (Phi) is 6.15. The van der Waals surface area contributed by atoms with Gasteiger partial charge in [-0.2, -0.15) is 0 Å². The van der Waals surface area contributed by atoms with Gasteiger partial charge in [-0.25, -0.2) is 0 Å². The number of benzene rings is 1. The van der Waals surface area contributed by atoms with Gasteiger partial charge in [-0.1, -0.05) is 6.07 Å². The van der Waals surface area contributed by atoms with Crippen molar-refractivity contribution in [3.63, 3.8) is 0 Å². The molecule has 0 amide bonds. The van der Waals surface area contributed by atoms with Crippen LogP contribution in [-0.4, -0.2) is 33.4 Å². The molecule has 20 heavy (non-hydrogen) atoms. The predicted octanol–water partition coefficient (Wildman–Crippen LogP) is 2.18. The van der Waals surface area contributed by atoms with Gasteiger partial charge < -0.3 is 20.1 Å². The van der Waals surface area contributed by atoms with Crippen LogP contribution in [0.3, 0.4) is 0 Å². The third-order valence-corrected chi connectivity index (χ3v) is 3.75. The van der Waals surface area contributed by atoms with Gasteiger partial charge in [0.05, 0.1) is 13.7 Å². The average Bonchev–Trinajstić information content (AvgIpc) is 2.50. The summed E-state index contributed by atoms with van der Waals surface area (Å²) >= 11 is 0. The first-order chi connectivity index (χ1) is 9.83. The number of hydrogen-bond donors (Lipinski definition) is 2. The standard InChI is InChI=1S/C16H26N2O2/c1-3-20-15-5-4-14(10-16(15)19-2)12-18-11-13-6-8-17-9-7-13/h4-5,10,13,17-18H,3,6-9,11-12H2,1-2H3. The molecule has 2 N–H and O–H groups in total. The topological polar surface area (TPSA) is 42.5 Å². The maximum atomic E-state index is 5.53. The molecule has 1 aliphatic heterocycles. The van der Waals surface area contributed by atoms with E-state index in [1.54, 1.807) is 7.11 Å². The van der Waals surface area contributed by atoms with Gasteiger partial charge in [-0.3, -0.25) is 0 Å². The van der Waals surface area contributed by atoms with Crippen molar-refractivity contribution in [2.75, 3.05) is 33.4 Å². The zero-order valence-corrected chi connectivity index (χ0v) is 12.6. The van der Waals surface area contributed by atoms with Crippen molar-refractivity contribution in [2.45, 2.75) is 26.3 Å². The van der Waals surface area contributed by atoms with Crippen LogP contribution in [0.15, 0.2) is 18.2 Å². The Hall–Kier alpha value is -1.26. The fraction of sp³-hybridized carbons (Fsp3) is 0.625. The number of hydrogen-bond acceptors (Lipinski definition) is 4. The quantitative estimate of drug-likeness (QED) is 0.802. The number of piperidine rings is 1. The lowest BCUT2D eigenvalue weighted by atomic mass is 9.98. The van der Waals surface area contributed by atoms with Crippen LogP contribution in [0.2, 0.25) is 0 Å².